The molecule has 3 N–H and O–H groups in total. The van der Waals surface area contributed by atoms with Crippen molar-refractivity contribution in [1.82, 2.24) is 20.4 Å². The van der Waals surface area contributed by atoms with Gasteiger partial charge in [-0.05, 0) is 34.7 Å². The molecule has 2 aromatic carbocycles. The number of hydrogen-bond acceptors (Lipinski definition) is 5. The Morgan fingerprint density at radius 1 is 1.03 bits per heavy atom. The van der Waals surface area contributed by atoms with E-state index in [1.807, 2.05) is 48.5 Å². The number of carboxylic acids is 1. The van der Waals surface area contributed by atoms with Gasteiger partial charge in [-0.25, -0.2) is 9.59 Å². The fourth-order valence-electron chi connectivity index (χ4n) is 4.31. The van der Waals surface area contributed by atoms with Crippen molar-refractivity contribution in [3.63, 3.8) is 0 Å². The number of aryl methyl sites for hydroxylation is 1. The molecule has 0 radical (unpaired) electrons. The van der Waals surface area contributed by atoms with Crippen LogP contribution in [-0.4, -0.2) is 45.5 Å². The lowest BCUT2D eigenvalue weighted by atomic mass is 9.98. The molecule has 1 heterocycles. The van der Waals surface area contributed by atoms with Crippen molar-refractivity contribution in [2.75, 3.05) is 6.61 Å². The maximum Gasteiger partial charge on any atom is 0.407 e. The molecule has 1 aliphatic rings. The van der Waals surface area contributed by atoms with Gasteiger partial charge in [0, 0.05) is 19.2 Å². The van der Waals surface area contributed by atoms with Crippen LogP contribution in [0.15, 0.2) is 60.8 Å². The Hall–Kier alpha value is -4.14. The monoisotopic (exact) mass is 462 g/mol. The lowest BCUT2D eigenvalue weighted by Gasteiger charge is -2.21. The summed E-state index contributed by atoms with van der Waals surface area (Å²) in [5, 5.41) is 18.5. The average molecular weight is 463 g/mol. The number of alkyl carbamates (subject to hydrolysis) is 1. The standard InChI is InChI=1S/C25H26N4O5/c1-3-20(23(30)28-22(24(31)32)21-12-13-26-29(21)2)27-25(33)34-14-19-17-10-6-4-8-15(17)16-9-5-7-11-18(16)19/h4-13,19-20,22H,3,14H2,1-2H3,(H,27,33)(H,28,30)(H,31,32)/t20-,22?/m1/s1. The first kappa shape index (κ1) is 23.0. The summed E-state index contributed by atoms with van der Waals surface area (Å²) in [6, 6.07) is 15.3. The molecule has 34 heavy (non-hydrogen) atoms. The Morgan fingerprint density at radius 2 is 1.65 bits per heavy atom. The summed E-state index contributed by atoms with van der Waals surface area (Å²) >= 11 is 0. The van der Waals surface area contributed by atoms with Crippen LogP contribution in [0.3, 0.4) is 0 Å². The van der Waals surface area contributed by atoms with Gasteiger partial charge >= 0.3 is 12.1 Å². The zero-order chi connectivity index (χ0) is 24.2. The van der Waals surface area contributed by atoms with Gasteiger partial charge in [-0.3, -0.25) is 9.48 Å². The number of nitrogens with zero attached hydrogens (tertiary/aromatic N) is 2. The van der Waals surface area contributed by atoms with Gasteiger partial charge in [0.15, 0.2) is 6.04 Å². The lowest BCUT2D eigenvalue weighted by Crippen LogP contribution is -2.49. The van der Waals surface area contributed by atoms with E-state index in [1.165, 1.54) is 16.9 Å². The number of aliphatic carboxylic acids is 1. The molecule has 2 amide bonds. The summed E-state index contributed by atoms with van der Waals surface area (Å²) < 4.78 is 6.88. The third-order valence-corrected chi connectivity index (χ3v) is 6.05. The molecule has 9 nitrogen and oxygen atoms in total. The number of nitrogens with one attached hydrogen (secondary N) is 2. The summed E-state index contributed by atoms with van der Waals surface area (Å²) in [7, 11) is 1.59. The second kappa shape index (κ2) is 9.78. The predicted octanol–water partition coefficient (Wildman–Crippen LogP) is 2.98. The minimum atomic E-state index is -1.29. The van der Waals surface area contributed by atoms with Crippen molar-refractivity contribution in [2.24, 2.45) is 7.05 Å². The van der Waals surface area contributed by atoms with Crippen molar-refractivity contribution in [1.29, 1.82) is 0 Å². The second-order valence-corrected chi connectivity index (χ2v) is 8.09. The maximum absolute atomic E-state index is 12.7. The topological polar surface area (TPSA) is 123 Å². The van der Waals surface area contributed by atoms with Crippen molar-refractivity contribution >= 4 is 18.0 Å². The first-order valence-electron chi connectivity index (χ1n) is 11.0. The van der Waals surface area contributed by atoms with Gasteiger partial charge in [-0.1, -0.05) is 55.5 Å². The molecule has 0 saturated carbocycles. The predicted molar refractivity (Wildman–Crippen MR) is 124 cm³/mol. The van der Waals surface area contributed by atoms with Crippen LogP contribution in [0.2, 0.25) is 0 Å². The van der Waals surface area contributed by atoms with Crippen molar-refractivity contribution in [3.8, 4) is 11.1 Å². The number of ether oxygens (including phenoxy) is 1. The zero-order valence-electron chi connectivity index (χ0n) is 18.9. The molecule has 3 aromatic rings. The number of hydrogen-bond donors (Lipinski definition) is 3. The van der Waals surface area contributed by atoms with Crippen LogP contribution in [0.1, 0.15) is 42.1 Å². The number of aromatic nitrogens is 2. The van der Waals surface area contributed by atoms with Gasteiger partial charge in [-0.2, -0.15) is 5.10 Å². The Balaban J connectivity index is 1.40. The number of amides is 2. The second-order valence-electron chi connectivity index (χ2n) is 8.09. The van der Waals surface area contributed by atoms with E-state index in [2.05, 4.69) is 15.7 Å². The van der Waals surface area contributed by atoms with Crippen molar-refractivity contribution < 1.29 is 24.2 Å². The summed E-state index contributed by atoms with van der Waals surface area (Å²) in [4.78, 5) is 37.0. The highest BCUT2D eigenvalue weighted by Crippen LogP contribution is 2.44. The van der Waals surface area contributed by atoms with E-state index in [0.717, 1.165) is 22.3 Å². The average Bonchev–Trinajstić information content (AvgIpc) is 3.40. The van der Waals surface area contributed by atoms with Gasteiger partial charge in [0.1, 0.15) is 12.6 Å². The molecule has 0 spiro atoms. The van der Waals surface area contributed by atoms with E-state index in [0.29, 0.717) is 5.69 Å². The lowest BCUT2D eigenvalue weighted by molar-refractivity contribution is -0.142. The highest BCUT2D eigenvalue weighted by Gasteiger charge is 2.31. The fraction of sp³-hybridized carbons (Fsp3) is 0.280. The number of fused-ring (bicyclic) bond motifs is 3. The minimum absolute atomic E-state index is 0.103. The molecule has 1 unspecified atom stereocenters. The van der Waals surface area contributed by atoms with Crippen LogP contribution in [0.4, 0.5) is 4.79 Å². The first-order chi connectivity index (χ1) is 16.4. The molecule has 176 valence electrons. The summed E-state index contributed by atoms with van der Waals surface area (Å²) in [5.41, 5.74) is 4.72. The highest BCUT2D eigenvalue weighted by molar-refractivity contribution is 5.89. The quantitative estimate of drug-likeness (QED) is 0.473. The van der Waals surface area contributed by atoms with E-state index in [4.69, 9.17) is 4.74 Å². The van der Waals surface area contributed by atoms with Crippen molar-refractivity contribution in [3.05, 3.63) is 77.6 Å². The molecule has 9 heteroatoms. The zero-order valence-corrected chi connectivity index (χ0v) is 18.9. The Morgan fingerprint density at radius 3 is 2.18 bits per heavy atom. The van der Waals surface area contributed by atoms with Gasteiger partial charge in [0.05, 0.1) is 5.69 Å². The number of carbonyl (C=O) groups excluding carboxylic acids is 2. The Labute approximate surface area is 196 Å². The summed E-state index contributed by atoms with van der Waals surface area (Å²) in [5.74, 6) is -1.95. The van der Waals surface area contributed by atoms with E-state index < -0.39 is 30.1 Å². The van der Waals surface area contributed by atoms with Crippen LogP contribution >= 0.6 is 0 Å². The van der Waals surface area contributed by atoms with E-state index in [1.54, 1.807) is 14.0 Å². The van der Waals surface area contributed by atoms with Gasteiger partial charge in [0.25, 0.3) is 0 Å². The largest absolute Gasteiger partial charge is 0.479 e. The molecular formula is C25H26N4O5. The molecular weight excluding hydrogens is 436 g/mol. The Bertz CT molecular complexity index is 1180. The SMILES string of the molecule is CC[C@@H](NC(=O)OCC1c2ccccc2-c2ccccc21)C(=O)NC(C(=O)O)c1ccnn1C. The molecule has 0 bridgehead atoms. The first-order valence-corrected chi connectivity index (χ1v) is 11.0. The molecule has 2 atom stereocenters. The van der Waals surface area contributed by atoms with Crippen molar-refractivity contribution in [2.45, 2.75) is 31.3 Å². The number of carbonyl (C=O) groups is 3. The molecule has 0 fully saturated rings. The molecule has 0 saturated heterocycles. The third kappa shape index (κ3) is 4.50. The van der Waals surface area contributed by atoms with E-state index >= 15 is 0 Å². The van der Waals surface area contributed by atoms with Crippen LogP contribution in [0, 0.1) is 0 Å². The van der Waals surface area contributed by atoms with Crippen LogP contribution in [-0.2, 0) is 21.4 Å². The van der Waals surface area contributed by atoms with Gasteiger partial charge in [-0.15, -0.1) is 0 Å². The van der Waals surface area contributed by atoms with Crippen LogP contribution in [0.5, 0.6) is 0 Å². The van der Waals surface area contributed by atoms with Crippen LogP contribution < -0.4 is 10.6 Å². The maximum atomic E-state index is 12.7. The molecule has 0 aliphatic heterocycles. The normalized spacial score (nSPS) is 13.9. The fourth-order valence-corrected chi connectivity index (χ4v) is 4.31. The van der Waals surface area contributed by atoms with E-state index in [9.17, 15) is 19.5 Å². The van der Waals surface area contributed by atoms with Gasteiger partial charge < -0.3 is 20.5 Å². The third-order valence-electron chi connectivity index (χ3n) is 6.05. The van der Waals surface area contributed by atoms with E-state index in [-0.39, 0.29) is 18.9 Å². The number of benzene rings is 2. The number of carboxylic acid groups (broad SMARTS) is 1. The molecule has 4 rings (SSSR count). The minimum Gasteiger partial charge on any atom is -0.479 e. The molecule has 1 aliphatic carbocycles. The number of rotatable bonds is 8. The Kier molecular flexibility index (Phi) is 6.62. The van der Waals surface area contributed by atoms with Gasteiger partial charge in [0.2, 0.25) is 5.91 Å². The summed E-state index contributed by atoms with van der Waals surface area (Å²) in [6.45, 7) is 1.83. The molecule has 1 aromatic heterocycles. The van der Waals surface area contributed by atoms with Crippen LogP contribution in [0.25, 0.3) is 11.1 Å². The smallest absolute Gasteiger partial charge is 0.407 e. The highest BCUT2D eigenvalue weighted by atomic mass is 16.5. The summed E-state index contributed by atoms with van der Waals surface area (Å²) in [6.07, 6.45) is 0.966.